The minimum absolute atomic E-state index is 0.0798. The molecule has 0 unspecified atom stereocenters. The molecule has 1 aliphatic rings. The van der Waals surface area contributed by atoms with Gasteiger partial charge in [0.05, 0.1) is 36.8 Å². The van der Waals surface area contributed by atoms with Gasteiger partial charge in [0.15, 0.2) is 0 Å². The van der Waals surface area contributed by atoms with Gasteiger partial charge < -0.3 is 15.4 Å². The van der Waals surface area contributed by atoms with Crippen LogP contribution in [0, 0.1) is 6.92 Å². The summed E-state index contributed by atoms with van der Waals surface area (Å²) >= 11 is 0. The number of amides is 1. The molecular weight excluding hydrogens is 282 g/mol. The second-order valence-corrected chi connectivity index (χ2v) is 5.21. The van der Waals surface area contributed by atoms with Crippen LogP contribution >= 0.6 is 0 Å². The van der Waals surface area contributed by atoms with Crippen molar-refractivity contribution in [2.45, 2.75) is 13.0 Å². The van der Waals surface area contributed by atoms with Crippen LogP contribution in [-0.2, 0) is 4.74 Å². The molecule has 114 valence electrons. The number of pyridine rings is 1. The standard InChI is InChI=1S/C15H17N5O2/c1-10-6-12(16)7-13(19-10)14-9-20(4-5-22-14)15(21)11-2-3-17-18-8-11/h2-3,6-8,14H,4-5,9H2,1H3,(H2,16,19)/t14-/m1/s1. The van der Waals surface area contributed by atoms with Crippen LogP contribution < -0.4 is 5.73 Å². The Labute approximate surface area is 128 Å². The van der Waals surface area contributed by atoms with Gasteiger partial charge in [-0.25, -0.2) is 0 Å². The minimum Gasteiger partial charge on any atom is -0.399 e. The van der Waals surface area contributed by atoms with Crippen molar-refractivity contribution in [1.82, 2.24) is 20.1 Å². The van der Waals surface area contributed by atoms with Crippen molar-refractivity contribution < 1.29 is 9.53 Å². The molecule has 2 N–H and O–H groups in total. The Morgan fingerprint density at radius 3 is 3.00 bits per heavy atom. The van der Waals surface area contributed by atoms with Crippen LogP contribution in [0.1, 0.15) is 27.8 Å². The molecule has 7 nitrogen and oxygen atoms in total. The van der Waals surface area contributed by atoms with Crippen LogP contribution in [0.4, 0.5) is 5.69 Å². The van der Waals surface area contributed by atoms with E-state index in [4.69, 9.17) is 10.5 Å². The molecule has 1 aliphatic heterocycles. The first-order chi connectivity index (χ1) is 10.6. The van der Waals surface area contributed by atoms with Crippen LogP contribution in [-0.4, -0.2) is 45.7 Å². The highest BCUT2D eigenvalue weighted by atomic mass is 16.5. The summed E-state index contributed by atoms with van der Waals surface area (Å²) < 4.78 is 5.75. The van der Waals surface area contributed by atoms with Crippen molar-refractivity contribution in [1.29, 1.82) is 0 Å². The summed E-state index contributed by atoms with van der Waals surface area (Å²) in [5, 5.41) is 7.43. The van der Waals surface area contributed by atoms with Crippen molar-refractivity contribution in [3.63, 3.8) is 0 Å². The van der Waals surface area contributed by atoms with Gasteiger partial charge in [-0.15, -0.1) is 0 Å². The van der Waals surface area contributed by atoms with E-state index in [1.807, 2.05) is 6.92 Å². The number of rotatable bonds is 2. The van der Waals surface area contributed by atoms with E-state index in [0.717, 1.165) is 11.4 Å². The zero-order chi connectivity index (χ0) is 15.5. The van der Waals surface area contributed by atoms with Gasteiger partial charge in [-0.05, 0) is 25.1 Å². The smallest absolute Gasteiger partial charge is 0.255 e. The highest BCUT2D eigenvalue weighted by molar-refractivity contribution is 5.93. The fourth-order valence-corrected chi connectivity index (χ4v) is 2.50. The molecule has 0 aliphatic carbocycles. The molecule has 1 atom stereocenters. The number of morpholine rings is 1. The monoisotopic (exact) mass is 299 g/mol. The Morgan fingerprint density at radius 1 is 1.41 bits per heavy atom. The zero-order valence-electron chi connectivity index (χ0n) is 12.3. The van der Waals surface area contributed by atoms with Gasteiger partial charge in [0.1, 0.15) is 6.10 Å². The third-order valence-electron chi connectivity index (χ3n) is 3.51. The number of anilines is 1. The van der Waals surface area contributed by atoms with Crippen LogP contribution in [0.5, 0.6) is 0 Å². The van der Waals surface area contributed by atoms with Crippen molar-refractivity contribution in [2.75, 3.05) is 25.4 Å². The summed E-state index contributed by atoms with van der Waals surface area (Å²) in [7, 11) is 0. The predicted molar refractivity (Wildman–Crippen MR) is 80.0 cm³/mol. The maximum absolute atomic E-state index is 12.5. The molecule has 3 rings (SSSR count). The number of hydrogen-bond donors (Lipinski definition) is 1. The molecule has 1 amide bonds. The second kappa shape index (κ2) is 6.07. The van der Waals surface area contributed by atoms with Gasteiger partial charge in [-0.3, -0.25) is 9.78 Å². The fourth-order valence-electron chi connectivity index (χ4n) is 2.50. The number of carbonyl (C=O) groups is 1. The normalized spacial score (nSPS) is 18.2. The van der Waals surface area contributed by atoms with Crippen LogP contribution in [0.2, 0.25) is 0 Å². The number of ether oxygens (including phenoxy) is 1. The van der Waals surface area contributed by atoms with E-state index in [9.17, 15) is 4.79 Å². The number of aromatic nitrogens is 3. The Bertz CT molecular complexity index is 657. The highest BCUT2D eigenvalue weighted by Crippen LogP contribution is 2.23. The Balaban J connectivity index is 1.78. The molecule has 2 aromatic rings. The number of nitrogens with zero attached hydrogens (tertiary/aromatic N) is 4. The lowest BCUT2D eigenvalue weighted by Gasteiger charge is -2.32. The lowest BCUT2D eigenvalue weighted by atomic mass is 10.1. The topological polar surface area (TPSA) is 94.2 Å². The average molecular weight is 299 g/mol. The maximum Gasteiger partial charge on any atom is 0.255 e. The third kappa shape index (κ3) is 3.04. The molecule has 1 fully saturated rings. The molecule has 0 bridgehead atoms. The summed E-state index contributed by atoms with van der Waals surface area (Å²) in [5.74, 6) is -0.0798. The summed E-state index contributed by atoms with van der Waals surface area (Å²) in [6.07, 6.45) is 2.71. The lowest BCUT2D eigenvalue weighted by Crippen LogP contribution is -2.42. The predicted octanol–water partition coefficient (Wildman–Crippen LogP) is 0.976. The molecule has 0 radical (unpaired) electrons. The van der Waals surface area contributed by atoms with Gasteiger partial charge in [-0.2, -0.15) is 10.2 Å². The van der Waals surface area contributed by atoms with Crippen molar-refractivity contribution in [2.24, 2.45) is 0 Å². The molecular formula is C15H17N5O2. The van der Waals surface area contributed by atoms with E-state index in [2.05, 4.69) is 15.2 Å². The first-order valence-electron chi connectivity index (χ1n) is 7.05. The van der Waals surface area contributed by atoms with Gasteiger partial charge in [-0.1, -0.05) is 0 Å². The summed E-state index contributed by atoms with van der Waals surface area (Å²) in [6.45, 7) is 3.33. The Kier molecular flexibility index (Phi) is 3.97. The summed E-state index contributed by atoms with van der Waals surface area (Å²) in [5.41, 5.74) is 8.61. The number of aryl methyl sites for hydroxylation is 1. The maximum atomic E-state index is 12.5. The highest BCUT2D eigenvalue weighted by Gasteiger charge is 2.27. The van der Waals surface area contributed by atoms with E-state index in [1.165, 1.54) is 12.4 Å². The number of carbonyl (C=O) groups excluding carboxylic acids is 1. The van der Waals surface area contributed by atoms with Gasteiger partial charge in [0, 0.05) is 17.9 Å². The van der Waals surface area contributed by atoms with Crippen molar-refractivity contribution >= 4 is 11.6 Å². The molecule has 2 aromatic heterocycles. The van der Waals surface area contributed by atoms with E-state index >= 15 is 0 Å². The average Bonchev–Trinajstić information content (AvgIpc) is 2.54. The molecule has 22 heavy (non-hydrogen) atoms. The van der Waals surface area contributed by atoms with Crippen molar-refractivity contribution in [3.8, 4) is 0 Å². The first kappa shape index (κ1) is 14.4. The number of hydrogen-bond acceptors (Lipinski definition) is 6. The minimum atomic E-state index is -0.269. The van der Waals surface area contributed by atoms with Gasteiger partial charge >= 0.3 is 0 Å². The Morgan fingerprint density at radius 2 is 2.27 bits per heavy atom. The summed E-state index contributed by atoms with van der Waals surface area (Å²) in [4.78, 5) is 18.7. The SMILES string of the molecule is Cc1cc(N)cc([C@H]2CN(C(=O)c3ccnnc3)CCO2)n1. The first-order valence-corrected chi connectivity index (χ1v) is 7.05. The van der Waals surface area contributed by atoms with Gasteiger partial charge in [0.25, 0.3) is 5.91 Å². The third-order valence-corrected chi connectivity index (χ3v) is 3.51. The molecule has 0 aromatic carbocycles. The largest absolute Gasteiger partial charge is 0.399 e. The molecule has 3 heterocycles. The molecule has 0 spiro atoms. The van der Waals surface area contributed by atoms with E-state index < -0.39 is 0 Å². The van der Waals surface area contributed by atoms with Crippen molar-refractivity contribution in [3.05, 3.63) is 47.5 Å². The number of nitrogens with two attached hydrogens (primary N) is 1. The summed E-state index contributed by atoms with van der Waals surface area (Å²) in [6, 6.07) is 5.25. The molecule has 1 saturated heterocycles. The van der Waals surface area contributed by atoms with E-state index in [0.29, 0.717) is 30.9 Å². The van der Waals surface area contributed by atoms with Crippen LogP contribution in [0.15, 0.2) is 30.6 Å². The molecule has 0 saturated carbocycles. The zero-order valence-corrected chi connectivity index (χ0v) is 12.3. The van der Waals surface area contributed by atoms with E-state index in [-0.39, 0.29) is 12.0 Å². The van der Waals surface area contributed by atoms with Gasteiger partial charge in [0.2, 0.25) is 0 Å². The van der Waals surface area contributed by atoms with E-state index in [1.54, 1.807) is 23.1 Å². The second-order valence-electron chi connectivity index (χ2n) is 5.21. The fraction of sp³-hybridized carbons (Fsp3) is 0.333. The molecule has 7 heteroatoms. The van der Waals surface area contributed by atoms with Crippen LogP contribution in [0.25, 0.3) is 0 Å². The number of nitrogen functional groups attached to an aromatic ring is 1. The van der Waals surface area contributed by atoms with Crippen LogP contribution in [0.3, 0.4) is 0 Å². The Hall–Kier alpha value is -2.54. The quantitative estimate of drug-likeness (QED) is 0.888. The lowest BCUT2D eigenvalue weighted by molar-refractivity contribution is -0.0247.